The van der Waals surface area contributed by atoms with Crippen LogP contribution in [0.4, 0.5) is 0 Å². The summed E-state index contributed by atoms with van der Waals surface area (Å²) < 4.78 is 35.1. The Bertz CT molecular complexity index is 598. The first-order valence-corrected chi connectivity index (χ1v) is 5.34. The van der Waals surface area contributed by atoms with Crippen LogP contribution in [0.3, 0.4) is 0 Å². The largest absolute Gasteiger partial charge is 0.496 e. The van der Waals surface area contributed by atoms with Crippen molar-refractivity contribution in [2.45, 2.75) is 38.9 Å². The van der Waals surface area contributed by atoms with Gasteiger partial charge in [0.25, 0.3) is 0 Å². The van der Waals surface area contributed by atoms with Crippen molar-refractivity contribution in [2.75, 3.05) is 0 Å². The molecule has 1 aliphatic rings. The Morgan fingerprint density at radius 1 is 1.29 bits per heavy atom. The van der Waals surface area contributed by atoms with Crippen LogP contribution in [0.15, 0.2) is 18.3 Å². The molecule has 2 heterocycles. The molecule has 0 aromatic carbocycles. The van der Waals surface area contributed by atoms with E-state index in [1.54, 1.807) is 6.07 Å². The van der Waals surface area contributed by atoms with Crippen LogP contribution in [-0.2, 0) is 9.31 Å². The number of aromatic nitrogens is 1. The zero-order valence-corrected chi connectivity index (χ0v) is 10.3. The number of hydrogen-bond acceptors (Lipinski definition) is 4. The summed E-state index contributed by atoms with van der Waals surface area (Å²) >= 11 is 0. The van der Waals surface area contributed by atoms with Gasteiger partial charge >= 0.3 is 7.12 Å². The maximum Gasteiger partial charge on any atom is 0.496 e. The Labute approximate surface area is 106 Å². The zero-order valence-electron chi connectivity index (χ0n) is 13.3. The number of hydrogen-bond donors (Lipinski definition) is 0. The molecule has 1 aliphatic heterocycles. The molecule has 0 radical (unpaired) electrons. The SMILES string of the molecule is [2H]c1nc(C#N)c([2H])c([2H])c1B1OC(C)(C)C(C)(C)O1. The minimum Gasteiger partial charge on any atom is -0.399 e. The third-order valence-corrected chi connectivity index (χ3v) is 3.20. The summed E-state index contributed by atoms with van der Waals surface area (Å²) in [6.45, 7) is 7.44. The van der Waals surface area contributed by atoms with Gasteiger partial charge in [-0.15, -0.1) is 0 Å². The van der Waals surface area contributed by atoms with E-state index in [0.29, 0.717) is 0 Å². The van der Waals surface area contributed by atoms with Crippen molar-refractivity contribution >= 4 is 12.6 Å². The van der Waals surface area contributed by atoms with E-state index in [1.165, 1.54) is 0 Å². The van der Waals surface area contributed by atoms with Gasteiger partial charge in [-0.3, -0.25) is 0 Å². The van der Waals surface area contributed by atoms with Gasteiger partial charge in [0.05, 0.1) is 15.3 Å². The van der Waals surface area contributed by atoms with Crippen LogP contribution < -0.4 is 5.46 Å². The summed E-state index contributed by atoms with van der Waals surface area (Å²) in [7, 11) is -0.927. The minimum atomic E-state index is -0.927. The average Bonchev–Trinajstić information content (AvgIpc) is 2.53. The van der Waals surface area contributed by atoms with Crippen LogP contribution in [0.1, 0.15) is 37.5 Å². The average molecular weight is 233 g/mol. The molecular weight excluding hydrogens is 215 g/mol. The van der Waals surface area contributed by atoms with Gasteiger partial charge in [0.15, 0.2) is 0 Å². The quantitative estimate of drug-likeness (QED) is 0.685. The molecule has 1 saturated heterocycles. The maximum atomic E-state index is 8.83. The fraction of sp³-hybridized carbons (Fsp3) is 0.500. The Hall–Kier alpha value is -1.38. The monoisotopic (exact) mass is 233 g/mol. The van der Waals surface area contributed by atoms with E-state index >= 15 is 0 Å². The van der Waals surface area contributed by atoms with E-state index in [1.807, 2.05) is 27.7 Å². The Balaban J connectivity index is 2.52. The van der Waals surface area contributed by atoms with E-state index < -0.39 is 18.3 Å². The van der Waals surface area contributed by atoms with Gasteiger partial charge in [-0.2, -0.15) is 5.26 Å². The Morgan fingerprint density at radius 3 is 2.41 bits per heavy atom. The molecule has 1 aromatic rings. The second-order valence-electron chi connectivity index (χ2n) is 4.94. The lowest BCUT2D eigenvalue weighted by Gasteiger charge is -2.32. The fourth-order valence-corrected chi connectivity index (χ4v) is 1.42. The summed E-state index contributed by atoms with van der Waals surface area (Å²) in [5.41, 5.74) is -1.35. The van der Waals surface area contributed by atoms with Crippen molar-refractivity contribution in [3.63, 3.8) is 0 Å². The lowest BCUT2D eigenvalue weighted by molar-refractivity contribution is 0.00578. The summed E-state index contributed by atoms with van der Waals surface area (Å²) in [4.78, 5) is 3.73. The summed E-state index contributed by atoms with van der Waals surface area (Å²) in [5.74, 6) is 0. The molecule has 0 aliphatic carbocycles. The molecule has 0 amide bonds. The molecule has 0 atom stereocenters. The van der Waals surface area contributed by atoms with Crippen LogP contribution in [0, 0.1) is 11.3 Å². The van der Waals surface area contributed by atoms with Crippen LogP contribution in [0.5, 0.6) is 0 Å². The van der Waals surface area contributed by atoms with Crippen molar-refractivity contribution in [3.8, 4) is 6.07 Å². The Morgan fingerprint density at radius 2 is 1.88 bits per heavy atom. The van der Waals surface area contributed by atoms with Crippen LogP contribution in [0.25, 0.3) is 0 Å². The molecular formula is C12H15BN2O2. The third-order valence-electron chi connectivity index (χ3n) is 3.20. The van der Waals surface area contributed by atoms with Gasteiger partial charge in [-0.1, -0.05) is 6.04 Å². The van der Waals surface area contributed by atoms with Crippen molar-refractivity contribution in [3.05, 3.63) is 24.0 Å². The summed E-state index contributed by atoms with van der Waals surface area (Å²) in [6, 6.07) is 1.15. The predicted octanol–water partition coefficient (Wildman–Crippen LogP) is 1.25. The first-order chi connectivity index (χ1) is 9.10. The van der Waals surface area contributed by atoms with Crippen molar-refractivity contribution < 1.29 is 13.4 Å². The van der Waals surface area contributed by atoms with Crippen molar-refractivity contribution in [1.29, 1.82) is 5.26 Å². The minimum absolute atomic E-state index is 0.0904. The number of pyridine rings is 1. The molecule has 0 saturated carbocycles. The highest BCUT2D eigenvalue weighted by Crippen LogP contribution is 2.36. The van der Waals surface area contributed by atoms with E-state index in [0.717, 1.165) is 0 Å². The maximum absolute atomic E-state index is 8.83. The Kier molecular flexibility index (Phi) is 1.95. The highest BCUT2D eigenvalue weighted by Gasteiger charge is 2.51. The lowest BCUT2D eigenvalue weighted by atomic mass is 9.80. The van der Waals surface area contributed by atoms with Gasteiger partial charge in [0.1, 0.15) is 11.8 Å². The van der Waals surface area contributed by atoms with Gasteiger partial charge < -0.3 is 9.31 Å². The van der Waals surface area contributed by atoms with E-state index in [4.69, 9.17) is 18.7 Å². The third kappa shape index (κ3) is 2.06. The molecule has 0 unspecified atom stereocenters. The molecule has 88 valence electrons. The molecule has 4 nitrogen and oxygen atoms in total. The standard InChI is InChI=1S/C12H15BN2O2/c1-11(2)12(3,4)17-13(16-11)9-5-6-10(7-14)15-8-9/h5-6,8H,1-4H3/i5D,6D,8D. The van der Waals surface area contributed by atoms with Gasteiger partial charge in [0.2, 0.25) is 0 Å². The topological polar surface area (TPSA) is 55.1 Å². The molecule has 0 bridgehead atoms. The van der Waals surface area contributed by atoms with Crippen LogP contribution in [0.2, 0.25) is 0 Å². The lowest BCUT2D eigenvalue weighted by Crippen LogP contribution is -2.41. The highest BCUT2D eigenvalue weighted by molar-refractivity contribution is 6.62. The highest BCUT2D eigenvalue weighted by atomic mass is 16.7. The van der Waals surface area contributed by atoms with Crippen LogP contribution in [-0.4, -0.2) is 23.3 Å². The fourth-order valence-electron chi connectivity index (χ4n) is 1.42. The predicted molar refractivity (Wildman–Crippen MR) is 64.7 cm³/mol. The van der Waals surface area contributed by atoms with Crippen LogP contribution >= 0.6 is 0 Å². The number of nitrogens with zero attached hydrogens (tertiary/aromatic N) is 2. The van der Waals surface area contributed by atoms with Crippen molar-refractivity contribution in [2.24, 2.45) is 0 Å². The molecule has 1 fully saturated rings. The second-order valence-corrected chi connectivity index (χ2v) is 4.94. The zero-order chi connectivity index (χ0) is 15.3. The van der Waals surface area contributed by atoms with E-state index in [-0.39, 0.29) is 29.4 Å². The molecule has 0 spiro atoms. The van der Waals surface area contributed by atoms with Gasteiger partial charge in [0, 0.05) is 11.6 Å². The summed E-state index contributed by atoms with van der Waals surface area (Å²) in [6.07, 6.45) is -0.263. The normalized spacial score (nSPS) is 23.7. The first kappa shape index (κ1) is 8.68. The van der Waals surface area contributed by atoms with E-state index in [2.05, 4.69) is 4.98 Å². The van der Waals surface area contributed by atoms with E-state index in [9.17, 15) is 0 Å². The molecule has 0 N–H and O–H groups in total. The number of rotatable bonds is 1. The molecule has 5 heteroatoms. The molecule has 2 rings (SSSR count). The van der Waals surface area contributed by atoms with Gasteiger partial charge in [-0.25, -0.2) is 4.98 Å². The first-order valence-electron chi connectivity index (χ1n) is 6.84. The summed E-state index contributed by atoms with van der Waals surface area (Å²) in [5, 5.41) is 8.83. The van der Waals surface area contributed by atoms with Gasteiger partial charge in [-0.05, 0) is 33.7 Å². The van der Waals surface area contributed by atoms with Crippen molar-refractivity contribution in [1.82, 2.24) is 4.98 Å². The second kappa shape index (κ2) is 3.83. The molecule has 17 heavy (non-hydrogen) atoms. The molecule has 1 aromatic heterocycles. The number of nitriles is 1. The smallest absolute Gasteiger partial charge is 0.399 e.